The van der Waals surface area contributed by atoms with Crippen LogP contribution in [-0.4, -0.2) is 35.1 Å². The highest BCUT2D eigenvalue weighted by Crippen LogP contribution is 2.13. The van der Waals surface area contributed by atoms with E-state index in [1.165, 1.54) is 0 Å². The monoisotopic (exact) mass is 286 g/mol. The fourth-order valence-electron chi connectivity index (χ4n) is 2.88. The Balaban J connectivity index is 1.44. The fraction of sp³-hybridized carbons (Fsp3) is 0.500. The molecule has 1 aliphatic heterocycles. The number of benzene rings is 1. The first-order valence-electron chi connectivity index (χ1n) is 7.73. The van der Waals surface area contributed by atoms with Gasteiger partial charge in [-0.25, -0.2) is 4.98 Å². The predicted octanol–water partition coefficient (Wildman–Crippen LogP) is 1.54. The van der Waals surface area contributed by atoms with Gasteiger partial charge in [0.25, 0.3) is 0 Å². The van der Waals surface area contributed by atoms with Crippen LogP contribution >= 0.6 is 0 Å². The highest BCUT2D eigenvalue weighted by Gasteiger charge is 2.19. The van der Waals surface area contributed by atoms with Crippen LogP contribution < -0.4 is 10.6 Å². The number of nitrogens with zero attached hydrogens (tertiary/aromatic N) is 2. The SMILES string of the molecule is O=C(NCCCn1cnc2ccccc21)C1CCNCC1. The Morgan fingerprint density at radius 1 is 1.33 bits per heavy atom. The lowest BCUT2D eigenvalue weighted by atomic mass is 9.97. The summed E-state index contributed by atoms with van der Waals surface area (Å²) in [6.07, 6.45) is 4.71. The Kier molecular flexibility index (Phi) is 4.50. The van der Waals surface area contributed by atoms with Gasteiger partial charge < -0.3 is 15.2 Å². The minimum absolute atomic E-state index is 0.195. The van der Waals surface area contributed by atoms with E-state index in [1.807, 2.05) is 24.5 Å². The molecule has 0 radical (unpaired) electrons. The first-order chi connectivity index (χ1) is 10.3. The van der Waals surface area contributed by atoms with Crippen molar-refractivity contribution in [1.82, 2.24) is 20.2 Å². The van der Waals surface area contributed by atoms with Crippen LogP contribution in [-0.2, 0) is 11.3 Å². The maximum Gasteiger partial charge on any atom is 0.223 e. The van der Waals surface area contributed by atoms with Gasteiger partial charge in [-0.3, -0.25) is 4.79 Å². The molecule has 0 aliphatic carbocycles. The van der Waals surface area contributed by atoms with Crippen molar-refractivity contribution in [1.29, 1.82) is 0 Å². The predicted molar refractivity (Wildman–Crippen MR) is 83.0 cm³/mol. The zero-order valence-corrected chi connectivity index (χ0v) is 12.2. The third-order valence-electron chi connectivity index (χ3n) is 4.11. The van der Waals surface area contributed by atoms with E-state index in [0.29, 0.717) is 0 Å². The molecule has 21 heavy (non-hydrogen) atoms. The lowest BCUT2D eigenvalue weighted by Gasteiger charge is -2.21. The molecule has 0 bridgehead atoms. The number of amides is 1. The minimum atomic E-state index is 0.195. The van der Waals surface area contributed by atoms with Crippen molar-refractivity contribution in [3.63, 3.8) is 0 Å². The van der Waals surface area contributed by atoms with Gasteiger partial charge >= 0.3 is 0 Å². The van der Waals surface area contributed by atoms with Crippen molar-refractivity contribution < 1.29 is 4.79 Å². The smallest absolute Gasteiger partial charge is 0.223 e. The number of fused-ring (bicyclic) bond motifs is 1. The van der Waals surface area contributed by atoms with Crippen molar-refractivity contribution >= 4 is 16.9 Å². The maximum absolute atomic E-state index is 12.0. The molecule has 1 amide bonds. The Morgan fingerprint density at radius 2 is 2.14 bits per heavy atom. The van der Waals surface area contributed by atoms with E-state index in [-0.39, 0.29) is 11.8 Å². The van der Waals surface area contributed by atoms with Crippen LogP contribution in [0.25, 0.3) is 11.0 Å². The van der Waals surface area contributed by atoms with Gasteiger partial charge in [-0.05, 0) is 44.5 Å². The number of imidazole rings is 1. The highest BCUT2D eigenvalue weighted by atomic mass is 16.1. The number of hydrogen-bond donors (Lipinski definition) is 2. The van der Waals surface area contributed by atoms with Gasteiger partial charge in [0, 0.05) is 19.0 Å². The normalized spacial score (nSPS) is 16.2. The molecule has 1 fully saturated rings. The van der Waals surface area contributed by atoms with E-state index in [9.17, 15) is 4.79 Å². The average Bonchev–Trinajstić information content (AvgIpc) is 2.95. The molecule has 3 rings (SSSR count). The summed E-state index contributed by atoms with van der Waals surface area (Å²) >= 11 is 0. The van der Waals surface area contributed by atoms with Crippen LogP contribution in [0.15, 0.2) is 30.6 Å². The van der Waals surface area contributed by atoms with E-state index >= 15 is 0 Å². The second kappa shape index (κ2) is 6.72. The zero-order chi connectivity index (χ0) is 14.5. The molecule has 2 aromatic rings. The van der Waals surface area contributed by atoms with Crippen molar-refractivity contribution in [3.05, 3.63) is 30.6 Å². The number of carbonyl (C=O) groups is 1. The molecular formula is C16H22N4O. The first kappa shape index (κ1) is 14.1. The number of aromatic nitrogens is 2. The number of piperidine rings is 1. The van der Waals surface area contributed by atoms with Crippen molar-refractivity contribution in [2.75, 3.05) is 19.6 Å². The molecule has 1 aromatic carbocycles. The van der Waals surface area contributed by atoms with Crippen molar-refractivity contribution in [2.24, 2.45) is 5.92 Å². The van der Waals surface area contributed by atoms with E-state index in [4.69, 9.17) is 0 Å². The van der Waals surface area contributed by atoms with E-state index in [2.05, 4.69) is 26.3 Å². The molecule has 1 aromatic heterocycles. The third kappa shape index (κ3) is 3.42. The van der Waals surface area contributed by atoms with Crippen LogP contribution in [0.4, 0.5) is 0 Å². The van der Waals surface area contributed by atoms with Gasteiger partial charge in [0.15, 0.2) is 0 Å². The van der Waals surface area contributed by atoms with Crippen LogP contribution in [0.5, 0.6) is 0 Å². The van der Waals surface area contributed by atoms with Crippen molar-refractivity contribution in [2.45, 2.75) is 25.8 Å². The van der Waals surface area contributed by atoms with Crippen LogP contribution in [0.2, 0.25) is 0 Å². The van der Waals surface area contributed by atoms with Crippen LogP contribution in [0.1, 0.15) is 19.3 Å². The number of carbonyl (C=O) groups excluding carboxylic acids is 1. The van der Waals surface area contributed by atoms with Gasteiger partial charge in [0.1, 0.15) is 0 Å². The van der Waals surface area contributed by atoms with Gasteiger partial charge in [-0.15, -0.1) is 0 Å². The van der Waals surface area contributed by atoms with Crippen LogP contribution in [0, 0.1) is 5.92 Å². The summed E-state index contributed by atoms with van der Waals surface area (Å²) in [6.45, 7) is 3.53. The Labute approximate surface area is 124 Å². The molecular weight excluding hydrogens is 264 g/mol. The largest absolute Gasteiger partial charge is 0.356 e. The number of nitrogens with one attached hydrogen (secondary N) is 2. The van der Waals surface area contributed by atoms with Crippen LogP contribution in [0.3, 0.4) is 0 Å². The average molecular weight is 286 g/mol. The summed E-state index contributed by atoms with van der Waals surface area (Å²) in [6, 6.07) is 8.12. The molecule has 2 heterocycles. The number of hydrogen-bond acceptors (Lipinski definition) is 3. The van der Waals surface area contributed by atoms with Crippen molar-refractivity contribution in [3.8, 4) is 0 Å². The van der Waals surface area contributed by atoms with Gasteiger partial charge in [0.2, 0.25) is 5.91 Å². The zero-order valence-electron chi connectivity index (χ0n) is 12.2. The summed E-state index contributed by atoms with van der Waals surface area (Å²) in [7, 11) is 0. The molecule has 112 valence electrons. The highest BCUT2D eigenvalue weighted by molar-refractivity contribution is 5.78. The summed E-state index contributed by atoms with van der Waals surface area (Å²) in [4.78, 5) is 16.4. The Morgan fingerprint density at radius 3 is 3.00 bits per heavy atom. The van der Waals surface area contributed by atoms with E-state index in [1.54, 1.807) is 0 Å². The summed E-state index contributed by atoms with van der Waals surface area (Å²) < 4.78 is 2.14. The molecule has 0 atom stereocenters. The molecule has 1 saturated heterocycles. The summed E-state index contributed by atoms with van der Waals surface area (Å²) in [5.41, 5.74) is 2.18. The summed E-state index contributed by atoms with van der Waals surface area (Å²) in [5, 5.41) is 6.34. The lowest BCUT2D eigenvalue weighted by molar-refractivity contribution is -0.125. The minimum Gasteiger partial charge on any atom is -0.356 e. The Hall–Kier alpha value is -1.88. The molecule has 2 N–H and O–H groups in total. The molecule has 5 nitrogen and oxygen atoms in total. The number of rotatable bonds is 5. The molecule has 0 saturated carbocycles. The molecule has 1 aliphatic rings. The van der Waals surface area contributed by atoms with E-state index < -0.39 is 0 Å². The molecule has 0 unspecified atom stereocenters. The fourth-order valence-corrected chi connectivity index (χ4v) is 2.88. The lowest BCUT2D eigenvalue weighted by Crippen LogP contribution is -2.38. The standard InChI is InChI=1S/C16H22N4O/c21-16(13-6-9-17-10-7-13)18-8-3-11-20-12-19-14-4-1-2-5-15(14)20/h1-2,4-5,12-13,17H,3,6-11H2,(H,18,21). The molecule has 0 spiro atoms. The van der Waals surface area contributed by atoms with Gasteiger partial charge in [0.05, 0.1) is 17.4 Å². The molecule has 5 heteroatoms. The third-order valence-corrected chi connectivity index (χ3v) is 4.11. The first-order valence-corrected chi connectivity index (χ1v) is 7.73. The quantitative estimate of drug-likeness (QED) is 0.820. The van der Waals surface area contributed by atoms with Gasteiger partial charge in [-0.2, -0.15) is 0 Å². The van der Waals surface area contributed by atoms with Gasteiger partial charge in [-0.1, -0.05) is 12.1 Å². The second-order valence-corrected chi connectivity index (χ2v) is 5.60. The summed E-state index contributed by atoms with van der Waals surface area (Å²) in [5.74, 6) is 0.410. The Bertz CT molecular complexity index is 601. The maximum atomic E-state index is 12.0. The topological polar surface area (TPSA) is 59.0 Å². The second-order valence-electron chi connectivity index (χ2n) is 5.60. The van der Waals surface area contributed by atoms with E-state index in [0.717, 1.165) is 56.5 Å². The number of aryl methyl sites for hydroxylation is 1. The number of para-hydroxylation sites is 2.